The largest absolute Gasteiger partial charge is 0.487 e. The Balaban J connectivity index is 2.13. The molecule has 2 rings (SSSR count). The minimum atomic E-state index is 0.521. The molecule has 0 saturated heterocycles. The van der Waals surface area contributed by atoms with Crippen LogP contribution in [0.25, 0.3) is 0 Å². The third-order valence-electron chi connectivity index (χ3n) is 2.76. The van der Waals surface area contributed by atoms with Crippen LogP contribution in [-0.4, -0.2) is 6.54 Å². The molecule has 20 heavy (non-hydrogen) atoms. The lowest BCUT2D eigenvalue weighted by atomic mass is 10.1. The summed E-state index contributed by atoms with van der Waals surface area (Å²) in [6.07, 6.45) is 0.850. The van der Waals surface area contributed by atoms with E-state index in [1.54, 1.807) is 0 Å². The zero-order valence-corrected chi connectivity index (χ0v) is 15.5. The van der Waals surface area contributed by atoms with E-state index in [0.29, 0.717) is 13.2 Å². The lowest BCUT2D eigenvalue weighted by Crippen LogP contribution is -2.03. The molecule has 0 aliphatic heterocycles. The molecule has 0 amide bonds. The van der Waals surface area contributed by atoms with Crippen molar-refractivity contribution in [1.29, 1.82) is 0 Å². The number of hydrogen-bond donors (Lipinski definition) is 1. The summed E-state index contributed by atoms with van der Waals surface area (Å²) in [4.78, 5) is 0. The molecule has 0 atom stereocenters. The molecule has 0 fully saturated rings. The second-order valence-corrected chi connectivity index (χ2v) is 6.97. The zero-order valence-electron chi connectivity index (χ0n) is 10.7. The maximum Gasteiger partial charge on any atom is 0.148 e. The van der Waals surface area contributed by atoms with Gasteiger partial charge in [0.2, 0.25) is 0 Å². The summed E-state index contributed by atoms with van der Waals surface area (Å²) in [6.45, 7) is 1.16. The molecular weight excluding hydrogens is 450 g/mol. The van der Waals surface area contributed by atoms with Crippen molar-refractivity contribution in [2.75, 3.05) is 6.54 Å². The van der Waals surface area contributed by atoms with Gasteiger partial charge in [0.1, 0.15) is 12.4 Å². The maximum absolute atomic E-state index is 5.90. The molecule has 0 spiro atoms. The van der Waals surface area contributed by atoms with Crippen LogP contribution in [0, 0.1) is 0 Å². The fourth-order valence-corrected chi connectivity index (χ4v) is 3.80. The maximum atomic E-state index is 5.90. The van der Waals surface area contributed by atoms with E-state index in [2.05, 4.69) is 47.8 Å². The van der Waals surface area contributed by atoms with E-state index in [0.717, 1.165) is 31.2 Å². The number of nitrogens with two attached hydrogens (primary N) is 1. The second-order valence-electron chi connectivity index (χ2n) is 4.35. The van der Waals surface area contributed by atoms with E-state index >= 15 is 0 Å². The highest BCUT2D eigenvalue weighted by Crippen LogP contribution is 2.35. The third kappa shape index (κ3) is 4.32. The van der Waals surface area contributed by atoms with Gasteiger partial charge in [0.15, 0.2) is 0 Å². The van der Waals surface area contributed by atoms with Gasteiger partial charge in [-0.25, -0.2) is 0 Å². The Bertz CT molecular complexity index is 578. The van der Waals surface area contributed by atoms with E-state index in [-0.39, 0.29) is 0 Å². The van der Waals surface area contributed by atoms with Crippen LogP contribution in [0.2, 0.25) is 0 Å². The van der Waals surface area contributed by atoms with Gasteiger partial charge in [-0.3, -0.25) is 0 Å². The lowest BCUT2D eigenvalue weighted by Gasteiger charge is -2.12. The first-order valence-corrected chi connectivity index (χ1v) is 8.53. The van der Waals surface area contributed by atoms with Crippen molar-refractivity contribution in [2.24, 2.45) is 5.73 Å². The van der Waals surface area contributed by atoms with Crippen molar-refractivity contribution in [3.8, 4) is 5.75 Å². The van der Waals surface area contributed by atoms with Crippen LogP contribution < -0.4 is 10.5 Å². The highest BCUT2D eigenvalue weighted by Gasteiger charge is 2.09. The van der Waals surface area contributed by atoms with Crippen molar-refractivity contribution in [3.63, 3.8) is 0 Å². The van der Waals surface area contributed by atoms with Crippen LogP contribution >= 0.6 is 47.8 Å². The number of halogens is 3. The van der Waals surface area contributed by atoms with Crippen LogP contribution in [0.15, 0.2) is 49.8 Å². The first-order chi connectivity index (χ1) is 9.60. The second kappa shape index (κ2) is 7.59. The highest BCUT2D eigenvalue weighted by atomic mass is 79.9. The summed E-state index contributed by atoms with van der Waals surface area (Å²) >= 11 is 10.6. The smallest absolute Gasteiger partial charge is 0.148 e. The molecule has 5 heteroatoms. The summed E-state index contributed by atoms with van der Waals surface area (Å²) in [5.41, 5.74) is 7.88. The summed E-state index contributed by atoms with van der Waals surface area (Å²) in [7, 11) is 0. The Labute approximate surface area is 144 Å². The van der Waals surface area contributed by atoms with Crippen LogP contribution in [0.3, 0.4) is 0 Å². The SMILES string of the molecule is NCCc1cc(Br)c(OCc2cccc(Br)c2)c(Br)c1. The third-order valence-corrected chi connectivity index (χ3v) is 4.43. The van der Waals surface area contributed by atoms with Crippen molar-refractivity contribution in [3.05, 3.63) is 60.9 Å². The van der Waals surface area contributed by atoms with Crippen LogP contribution in [0.4, 0.5) is 0 Å². The molecular formula is C15H14Br3NO. The van der Waals surface area contributed by atoms with Crippen LogP contribution in [-0.2, 0) is 13.0 Å². The first-order valence-electron chi connectivity index (χ1n) is 6.15. The molecule has 2 N–H and O–H groups in total. The first kappa shape index (κ1) is 16.0. The Morgan fingerprint density at radius 1 is 0.950 bits per heavy atom. The predicted octanol–water partition coefficient (Wildman–Crippen LogP) is 5.05. The molecule has 2 aromatic rings. The number of hydrogen-bond acceptors (Lipinski definition) is 2. The van der Waals surface area contributed by atoms with Crippen molar-refractivity contribution >= 4 is 47.8 Å². The average Bonchev–Trinajstić information content (AvgIpc) is 2.38. The molecule has 106 valence electrons. The summed E-state index contributed by atoms with van der Waals surface area (Å²) in [5.74, 6) is 0.811. The Morgan fingerprint density at radius 3 is 2.25 bits per heavy atom. The number of rotatable bonds is 5. The molecule has 0 radical (unpaired) electrons. The number of benzene rings is 2. The molecule has 0 unspecified atom stereocenters. The fourth-order valence-electron chi connectivity index (χ4n) is 1.84. The Hall–Kier alpha value is -0.360. The lowest BCUT2D eigenvalue weighted by molar-refractivity contribution is 0.302. The topological polar surface area (TPSA) is 35.2 Å². The summed E-state index contributed by atoms with van der Waals surface area (Å²) < 4.78 is 8.82. The van der Waals surface area contributed by atoms with Gasteiger partial charge < -0.3 is 10.5 Å². The average molecular weight is 464 g/mol. The zero-order chi connectivity index (χ0) is 14.5. The van der Waals surface area contributed by atoms with Crippen molar-refractivity contribution < 1.29 is 4.74 Å². The Morgan fingerprint density at radius 2 is 1.65 bits per heavy atom. The van der Waals surface area contributed by atoms with E-state index in [1.807, 2.05) is 36.4 Å². The minimum absolute atomic E-state index is 0.521. The minimum Gasteiger partial charge on any atom is -0.487 e. The van der Waals surface area contributed by atoms with Crippen molar-refractivity contribution in [1.82, 2.24) is 0 Å². The van der Waals surface area contributed by atoms with Gasteiger partial charge in [-0.2, -0.15) is 0 Å². The van der Waals surface area contributed by atoms with Gasteiger partial charge in [-0.1, -0.05) is 28.1 Å². The molecule has 0 aromatic heterocycles. The molecule has 2 aromatic carbocycles. The molecule has 2 nitrogen and oxygen atoms in total. The van der Waals surface area contributed by atoms with Gasteiger partial charge in [-0.15, -0.1) is 0 Å². The van der Waals surface area contributed by atoms with Gasteiger partial charge in [0.05, 0.1) is 8.95 Å². The van der Waals surface area contributed by atoms with Gasteiger partial charge in [0, 0.05) is 4.47 Å². The van der Waals surface area contributed by atoms with Gasteiger partial charge >= 0.3 is 0 Å². The van der Waals surface area contributed by atoms with Gasteiger partial charge in [0.25, 0.3) is 0 Å². The highest BCUT2D eigenvalue weighted by molar-refractivity contribution is 9.11. The van der Waals surface area contributed by atoms with E-state index < -0.39 is 0 Å². The summed E-state index contributed by atoms with van der Waals surface area (Å²) in [5, 5.41) is 0. The van der Waals surface area contributed by atoms with E-state index in [9.17, 15) is 0 Å². The standard InChI is InChI=1S/C15H14Br3NO/c16-12-3-1-2-11(6-12)9-20-15-13(17)7-10(4-5-19)8-14(15)18/h1-3,6-8H,4-5,9,19H2. The molecule has 0 aliphatic rings. The molecule has 0 bridgehead atoms. The molecule has 0 saturated carbocycles. The van der Waals surface area contributed by atoms with Crippen LogP contribution in [0.5, 0.6) is 5.75 Å². The normalized spacial score (nSPS) is 10.6. The van der Waals surface area contributed by atoms with Crippen molar-refractivity contribution in [2.45, 2.75) is 13.0 Å². The van der Waals surface area contributed by atoms with Gasteiger partial charge in [-0.05, 0) is 80.2 Å². The monoisotopic (exact) mass is 461 g/mol. The van der Waals surface area contributed by atoms with E-state index in [4.69, 9.17) is 10.5 Å². The van der Waals surface area contributed by atoms with E-state index in [1.165, 1.54) is 5.56 Å². The quantitative estimate of drug-likeness (QED) is 0.673. The summed E-state index contributed by atoms with van der Waals surface area (Å²) in [6, 6.07) is 12.2. The fraction of sp³-hybridized carbons (Fsp3) is 0.200. The molecule has 0 heterocycles. The Kier molecular flexibility index (Phi) is 6.08. The molecule has 0 aliphatic carbocycles. The predicted molar refractivity (Wildman–Crippen MR) is 93.1 cm³/mol. The van der Waals surface area contributed by atoms with Crippen LogP contribution in [0.1, 0.15) is 11.1 Å². The number of ether oxygens (including phenoxy) is 1.